The lowest BCUT2D eigenvalue weighted by Gasteiger charge is -2.20. The third-order valence-corrected chi connectivity index (χ3v) is 12.8. The molecule has 0 aliphatic heterocycles. The molecule has 6 amide bonds. The number of benzene rings is 2. The standard InChI is InChI=1S/C34H50N6O10.C30H42N6O10/c1-7-46-19-25-38-30-31(40(25)22-34(5,6)45)23-10-8-9-11-24(23)37-32(30)39-26(41)18-36-28(43)21-49-17-15-47-14-16-48-20-27(42)35-13-12-29(44)50-33(2,3)4;1-4-43-16-22-34-27-28(36(22)19-30(2,3)42)20-7-5-6-8-21(20)33-29(27)35-23(37)15-32-25(39)18-46-14-12-44-11-13-45-17-24(38)31-10-9-26(40)41/h8-11,45H,7,12-22H2,1-6H3,(H,35,42)(H,36,43)(H,37,39,41);5-8,42H,4,9-19H2,1-3H3,(H,31,38)(H,32,39)(H,40,41)(H,33,35,37). The van der Waals surface area contributed by atoms with Crippen molar-refractivity contribution in [2.24, 2.45) is 0 Å². The van der Waals surface area contributed by atoms with Crippen molar-refractivity contribution in [1.82, 2.24) is 50.3 Å². The van der Waals surface area contributed by atoms with Crippen molar-refractivity contribution >= 4 is 103 Å². The Hall–Kier alpha value is -8.44. The van der Waals surface area contributed by atoms with Crippen molar-refractivity contribution in [2.45, 2.75) is 118 Å². The third kappa shape index (κ3) is 28.5. The minimum atomic E-state index is -1.05. The normalized spacial score (nSPS) is 11.7. The van der Waals surface area contributed by atoms with Gasteiger partial charge in [0.05, 0.1) is 125 Å². The number of aromatic nitrogens is 6. The van der Waals surface area contributed by atoms with Crippen molar-refractivity contribution < 1.29 is 96.3 Å². The molecule has 0 fully saturated rings. The van der Waals surface area contributed by atoms with E-state index in [4.69, 9.17) is 57.7 Å². The first-order valence-electron chi connectivity index (χ1n) is 31.4. The first kappa shape index (κ1) is 78.3. The predicted molar refractivity (Wildman–Crippen MR) is 350 cm³/mol. The van der Waals surface area contributed by atoms with Crippen LogP contribution in [0.5, 0.6) is 0 Å². The number of nitrogens with one attached hydrogen (secondary N) is 6. The molecule has 0 saturated heterocycles. The Bertz CT molecular complexity index is 3540. The first-order valence-corrected chi connectivity index (χ1v) is 31.4. The topological polar surface area (TPSA) is 414 Å². The summed E-state index contributed by atoms with van der Waals surface area (Å²) in [7, 11) is 0. The van der Waals surface area contributed by atoms with Gasteiger partial charge in [0.15, 0.2) is 11.6 Å². The van der Waals surface area contributed by atoms with Gasteiger partial charge < -0.3 is 99.0 Å². The molecule has 0 aliphatic carbocycles. The van der Waals surface area contributed by atoms with E-state index in [1.54, 1.807) is 48.5 Å². The van der Waals surface area contributed by atoms with Gasteiger partial charge in [-0.1, -0.05) is 36.4 Å². The van der Waals surface area contributed by atoms with Crippen LogP contribution in [0.15, 0.2) is 48.5 Å². The molecule has 0 atom stereocenters. The van der Waals surface area contributed by atoms with Gasteiger partial charge in [-0.3, -0.25) is 38.4 Å². The molecule has 32 nitrogen and oxygen atoms in total. The van der Waals surface area contributed by atoms with Crippen LogP contribution in [0, 0.1) is 0 Å². The molecule has 4 aromatic heterocycles. The fourth-order valence-electron chi connectivity index (χ4n) is 8.91. The molecule has 2 aromatic carbocycles. The fraction of sp³-hybridized carbons (Fsp3) is 0.562. The molecule has 6 aromatic rings. The van der Waals surface area contributed by atoms with Gasteiger partial charge >= 0.3 is 11.9 Å². The number of aliphatic carboxylic acids is 1. The smallest absolute Gasteiger partial charge is 0.308 e. The largest absolute Gasteiger partial charge is 0.481 e. The zero-order valence-electron chi connectivity index (χ0n) is 56.1. The monoisotopic (exact) mass is 1350 g/mol. The van der Waals surface area contributed by atoms with Gasteiger partial charge in [-0.25, -0.2) is 19.9 Å². The summed E-state index contributed by atoms with van der Waals surface area (Å²) in [4.78, 5) is 114. The Kier molecular flexibility index (Phi) is 32.2. The lowest BCUT2D eigenvalue weighted by Crippen LogP contribution is -2.35. The number of pyridine rings is 2. The van der Waals surface area contributed by atoms with Gasteiger partial charge in [0.2, 0.25) is 35.4 Å². The van der Waals surface area contributed by atoms with Gasteiger partial charge in [-0.15, -0.1) is 0 Å². The number of para-hydroxylation sites is 2. The molecule has 528 valence electrons. The van der Waals surface area contributed by atoms with E-state index in [-0.39, 0.29) is 162 Å². The van der Waals surface area contributed by atoms with E-state index in [0.717, 1.165) is 10.8 Å². The lowest BCUT2D eigenvalue weighted by molar-refractivity contribution is -0.154. The van der Waals surface area contributed by atoms with E-state index in [0.29, 0.717) is 58.0 Å². The van der Waals surface area contributed by atoms with E-state index in [9.17, 15) is 48.6 Å². The number of ether oxygens (including phenoxy) is 9. The average Bonchev–Trinajstić information content (AvgIpc) is 1.58. The van der Waals surface area contributed by atoms with Crippen LogP contribution in [0.1, 0.15) is 86.8 Å². The number of fused-ring (bicyclic) bond motifs is 6. The molecule has 0 radical (unpaired) electrons. The number of carbonyl (C=O) groups excluding carboxylic acids is 7. The second kappa shape index (κ2) is 39.6. The number of hydrogen-bond acceptors (Lipinski definition) is 23. The van der Waals surface area contributed by atoms with Gasteiger partial charge in [-0.05, 0) is 74.4 Å². The number of nitrogens with zero attached hydrogens (tertiary/aromatic N) is 6. The minimum absolute atomic E-state index is 0.0297. The molecule has 32 heteroatoms. The van der Waals surface area contributed by atoms with Crippen LogP contribution in [-0.4, -0.2) is 227 Å². The second-order valence-electron chi connectivity index (χ2n) is 23.7. The number of carboxylic acid groups (broad SMARTS) is 1. The Morgan fingerprint density at radius 1 is 0.458 bits per heavy atom. The van der Waals surface area contributed by atoms with Gasteiger partial charge in [-0.2, -0.15) is 0 Å². The van der Waals surface area contributed by atoms with Crippen molar-refractivity contribution in [2.75, 3.05) is 129 Å². The number of carbonyl (C=O) groups is 8. The van der Waals surface area contributed by atoms with Crippen molar-refractivity contribution in [3.63, 3.8) is 0 Å². The molecular weight excluding hydrogens is 1260 g/mol. The lowest BCUT2D eigenvalue weighted by atomic mass is 10.1. The summed E-state index contributed by atoms with van der Waals surface area (Å²) in [5.41, 5.74) is 0.833. The summed E-state index contributed by atoms with van der Waals surface area (Å²) < 4.78 is 51.8. The zero-order valence-corrected chi connectivity index (χ0v) is 56.1. The van der Waals surface area contributed by atoms with Crippen LogP contribution in [0.3, 0.4) is 0 Å². The summed E-state index contributed by atoms with van der Waals surface area (Å²) in [5, 5.41) is 46.9. The Labute approximate surface area is 555 Å². The molecule has 96 heavy (non-hydrogen) atoms. The zero-order chi connectivity index (χ0) is 70.3. The first-order chi connectivity index (χ1) is 45.6. The number of hydrogen-bond donors (Lipinski definition) is 9. The Morgan fingerprint density at radius 3 is 1.17 bits per heavy atom. The van der Waals surface area contributed by atoms with Crippen LogP contribution < -0.4 is 31.9 Å². The van der Waals surface area contributed by atoms with Crippen LogP contribution >= 0.6 is 0 Å². The average molecular weight is 1350 g/mol. The fourth-order valence-corrected chi connectivity index (χ4v) is 8.91. The number of rotatable bonds is 42. The molecule has 0 aliphatic rings. The summed E-state index contributed by atoms with van der Waals surface area (Å²) in [5.74, 6) is -2.60. The summed E-state index contributed by atoms with van der Waals surface area (Å²) >= 11 is 0. The summed E-state index contributed by atoms with van der Waals surface area (Å²) in [6.07, 6.45) is -0.0980. The number of anilines is 2. The highest BCUT2D eigenvalue weighted by molar-refractivity contribution is 6.11. The summed E-state index contributed by atoms with van der Waals surface area (Å²) in [6, 6.07) is 14.9. The molecule has 0 saturated carbocycles. The van der Waals surface area contributed by atoms with Gasteiger partial charge in [0.25, 0.3) is 0 Å². The molecule has 0 spiro atoms. The van der Waals surface area contributed by atoms with Crippen molar-refractivity contribution in [3.8, 4) is 0 Å². The van der Waals surface area contributed by atoms with E-state index in [2.05, 4.69) is 41.9 Å². The number of carboxylic acids is 1. The molecule has 9 N–H and O–H groups in total. The van der Waals surface area contributed by atoms with Crippen LogP contribution in [0.4, 0.5) is 11.6 Å². The molecular formula is C64H92N12O20. The maximum absolute atomic E-state index is 12.9. The summed E-state index contributed by atoms with van der Waals surface area (Å²) in [6.45, 7) is 17.6. The maximum Gasteiger partial charge on any atom is 0.308 e. The van der Waals surface area contributed by atoms with Crippen molar-refractivity contribution in [1.29, 1.82) is 0 Å². The molecule has 0 bridgehead atoms. The van der Waals surface area contributed by atoms with Gasteiger partial charge in [0, 0.05) is 37.1 Å². The van der Waals surface area contributed by atoms with E-state index in [1.807, 2.05) is 71.5 Å². The van der Waals surface area contributed by atoms with E-state index in [1.165, 1.54) is 0 Å². The second-order valence-corrected chi connectivity index (χ2v) is 23.7. The quantitative estimate of drug-likeness (QED) is 0.0196. The van der Waals surface area contributed by atoms with Crippen molar-refractivity contribution in [3.05, 3.63) is 60.2 Å². The molecule has 0 unspecified atom stereocenters. The highest BCUT2D eigenvalue weighted by Gasteiger charge is 2.27. The Morgan fingerprint density at radius 2 is 0.812 bits per heavy atom. The third-order valence-electron chi connectivity index (χ3n) is 12.8. The highest BCUT2D eigenvalue weighted by atomic mass is 16.6. The predicted octanol–water partition coefficient (Wildman–Crippen LogP) is 2.43. The Balaban J connectivity index is 0.000000348. The SMILES string of the molecule is CCOCc1nc2c(NC(=O)CNC(=O)COCCOCCOCC(=O)NCCC(=O)O)nc3ccccc3c2n1CC(C)(C)O.CCOCc1nc2c(NC(=O)CNC(=O)COCCOCCOCC(=O)NCCC(=O)OC(C)(C)C)nc3ccccc3c2n1CC(C)(C)O. The number of esters is 1. The number of amides is 6. The highest BCUT2D eigenvalue weighted by Crippen LogP contribution is 2.33. The minimum Gasteiger partial charge on any atom is -0.481 e. The van der Waals surface area contributed by atoms with Crippen LogP contribution in [0.25, 0.3) is 43.9 Å². The van der Waals surface area contributed by atoms with E-state index >= 15 is 0 Å². The van der Waals surface area contributed by atoms with Crippen LogP contribution in [0.2, 0.25) is 0 Å². The molecule has 4 heterocycles. The van der Waals surface area contributed by atoms with Gasteiger partial charge in [0.1, 0.15) is 67.9 Å². The molecule has 6 rings (SSSR count). The number of aliphatic hydroxyl groups is 2. The number of imidazole rings is 2. The van der Waals surface area contributed by atoms with E-state index < -0.39 is 58.3 Å². The maximum atomic E-state index is 12.9. The van der Waals surface area contributed by atoms with Crippen LogP contribution in [-0.2, 0) is 107 Å².